The first-order valence-electron chi connectivity index (χ1n) is 7.93. The number of benzene rings is 2. The number of aromatic nitrogens is 1. The summed E-state index contributed by atoms with van der Waals surface area (Å²) in [6, 6.07) is 12.7. The molecule has 1 aliphatic heterocycles. The number of ether oxygens (including phenoxy) is 1. The second-order valence-electron chi connectivity index (χ2n) is 5.75. The SMILES string of the molecule is COc1cccc2sc(N3CCN(c4ccc(F)cc4)CC3)nc12. The molecule has 0 bridgehead atoms. The predicted octanol–water partition coefficient (Wildman–Crippen LogP) is 3.77. The minimum absolute atomic E-state index is 0.194. The number of fused-ring (bicyclic) bond motifs is 1. The number of rotatable bonds is 3. The molecular formula is C18H18FN3OS. The van der Waals surface area contributed by atoms with Crippen molar-refractivity contribution in [2.24, 2.45) is 0 Å². The van der Waals surface area contributed by atoms with Crippen LogP contribution in [0.15, 0.2) is 42.5 Å². The Morgan fingerprint density at radius 2 is 1.71 bits per heavy atom. The number of nitrogens with zero attached hydrogens (tertiary/aromatic N) is 3. The zero-order valence-electron chi connectivity index (χ0n) is 13.4. The van der Waals surface area contributed by atoms with E-state index in [0.29, 0.717) is 0 Å². The first kappa shape index (κ1) is 15.2. The number of anilines is 2. The van der Waals surface area contributed by atoms with Gasteiger partial charge in [0.25, 0.3) is 0 Å². The molecule has 4 rings (SSSR count). The molecule has 0 aliphatic carbocycles. The number of thiazole rings is 1. The normalized spacial score (nSPS) is 15.1. The van der Waals surface area contributed by atoms with Gasteiger partial charge in [-0.25, -0.2) is 9.37 Å². The van der Waals surface area contributed by atoms with Crippen LogP contribution in [-0.2, 0) is 0 Å². The van der Waals surface area contributed by atoms with Gasteiger partial charge in [0.2, 0.25) is 0 Å². The minimum Gasteiger partial charge on any atom is -0.494 e. The number of piperazine rings is 1. The van der Waals surface area contributed by atoms with Crippen LogP contribution in [0.25, 0.3) is 10.2 Å². The highest BCUT2D eigenvalue weighted by Crippen LogP contribution is 2.34. The Hall–Kier alpha value is -2.34. The molecule has 2 heterocycles. The molecule has 1 fully saturated rings. The fourth-order valence-corrected chi connectivity index (χ4v) is 4.05. The van der Waals surface area contributed by atoms with Crippen LogP contribution in [0, 0.1) is 5.82 Å². The van der Waals surface area contributed by atoms with Crippen molar-refractivity contribution in [1.29, 1.82) is 0 Å². The van der Waals surface area contributed by atoms with E-state index in [9.17, 15) is 4.39 Å². The van der Waals surface area contributed by atoms with Crippen molar-refractivity contribution in [3.63, 3.8) is 0 Å². The van der Waals surface area contributed by atoms with E-state index in [2.05, 4.69) is 15.9 Å². The van der Waals surface area contributed by atoms with E-state index in [1.807, 2.05) is 24.3 Å². The molecule has 1 aliphatic rings. The average molecular weight is 343 g/mol. The minimum atomic E-state index is -0.194. The van der Waals surface area contributed by atoms with E-state index >= 15 is 0 Å². The zero-order valence-corrected chi connectivity index (χ0v) is 14.2. The van der Waals surface area contributed by atoms with Gasteiger partial charge in [-0.2, -0.15) is 0 Å². The van der Waals surface area contributed by atoms with Crippen molar-refractivity contribution in [3.8, 4) is 5.75 Å². The molecule has 0 saturated carbocycles. The molecule has 0 N–H and O–H groups in total. The third-order valence-electron chi connectivity index (χ3n) is 4.33. The summed E-state index contributed by atoms with van der Waals surface area (Å²) in [5.41, 5.74) is 2.00. The molecule has 6 heteroatoms. The number of hydrogen-bond acceptors (Lipinski definition) is 5. The first-order chi connectivity index (χ1) is 11.7. The fourth-order valence-electron chi connectivity index (χ4n) is 3.02. The van der Waals surface area contributed by atoms with Crippen LogP contribution in [-0.4, -0.2) is 38.3 Å². The Morgan fingerprint density at radius 3 is 2.42 bits per heavy atom. The molecule has 124 valence electrons. The van der Waals surface area contributed by atoms with Crippen LogP contribution < -0.4 is 14.5 Å². The van der Waals surface area contributed by atoms with Crippen molar-refractivity contribution in [3.05, 3.63) is 48.3 Å². The molecule has 0 unspecified atom stereocenters. The van der Waals surface area contributed by atoms with Crippen molar-refractivity contribution < 1.29 is 9.13 Å². The van der Waals surface area contributed by atoms with E-state index in [1.165, 1.54) is 12.1 Å². The van der Waals surface area contributed by atoms with E-state index in [-0.39, 0.29) is 5.82 Å². The van der Waals surface area contributed by atoms with Gasteiger partial charge >= 0.3 is 0 Å². The highest BCUT2D eigenvalue weighted by atomic mass is 32.1. The summed E-state index contributed by atoms with van der Waals surface area (Å²) in [5, 5.41) is 1.04. The summed E-state index contributed by atoms with van der Waals surface area (Å²) in [4.78, 5) is 9.36. The van der Waals surface area contributed by atoms with Gasteiger partial charge < -0.3 is 14.5 Å². The van der Waals surface area contributed by atoms with Crippen LogP contribution in [0.5, 0.6) is 5.75 Å². The van der Waals surface area contributed by atoms with Gasteiger partial charge in [-0.15, -0.1) is 0 Å². The van der Waals surface area contributed by atoms with Gasteiger partial charge in [0.15, 0.2) is 5.13 Å². The van der Waals surface area contributed by atoms with E-state index in [4.69, 9.17) is 9.72 Å². The molecule has 0 atom stereocenters. The summed E-state index contributed by atoms with van der Waals surface area (Å²) < 4.78 is 19.6. The maximum absolute atomic E-state index is 13.1. The highest BCUT2D eigenvalue weighted by molar-refractivity contribution is 7.22. The summed E-state index contributed by atoms with van der Waals surface area (Å²) >= 11 is 1.70. The second-order valence-corrected chi connectivity index (χ2v) is 6.76. The number of hydrogen-bond donors (Lipinski definition) is 0. The van der Waals surface area contributed by atoms with Gasteiger partial charge in [-0.1, -0.05) is 17.4 Å². The molecule has 0 radical (unpaired) electrons. The molecule has 3 aromatic rings. The maximum Gasteiger partial charge on any atom is 0.186 e. The first-order valence-corrected chi connectivity index (χ1v) is 8.75. The Morgan fingerprint density at radius 1 is 1.00 bits per heavy atom. The lowest BCUT2D eigenvalue weighted by Gasteiger charge is -2.35. The molecule has 0 spiro atoms. The van der Waals surface area contributed by atoms with Crippen molar-refractivity contribution >= 4 is 32.4 Å². The third-order valence-corrected chi connectivity index (χ3v) is 5.41. The summed E-state index contributed by atoms with van der Waals surface area (Å²) in [7, 11) is 1.68. The van der Waals surface area contributed by atoms with E-state index in [0.717, 1.165) is 53.0 Å². The lowest BCUT2D eigenvalue weighted by Crippen LogP contribution is -2.46. The van der Waals surface area contributed by atoms with Crippen molar-refractivity contribution in [2.45, 2.75) is 0 Å². The van der Waals surface area contributed by atoms with Crippen molar-refractivity contribution in [2.75, 3.05) is 43.1 Å². The average Bonchev–Trinajstić information content (AvgIpc) is 3.07. The second kappa shape index (κ2) is 6.28. The lowest BCUT2D eigenvalue weighted by atomic mass is 10.2. The third kappa shape index (κ3) is 2.78. The molecule has 2 aromatic carbocycles. The predicted molar refractivity (Wildman–Crippen MR) is 97.0 cm³/mol. The van der Waals surface area contributed by atoms with Crippen molar-refractivity contribution in [1.82, 2.24) is 4.98 Å². The summed E-state index contributed by atoms with van der Waals surface area (Å²) in [5.74, 6) is 0.626. The topological polar surface area (TPSA) is 28.6 Å². The van der Waals surface area contributed by atoms with Gasteiger partial charge in [-0.05, 0) is 36.4 Å². The Labute approximate surface area is 144 Å². The smallest absolute Gasteiger partial charge is 0.186 e. The maximum atomic E-state index is 13.1. The fraction of sp³-hybridized carbons (Fsp3) is 0.278. The van der Waals surface area contributed by atoms with Gasteiger partial charge in [-0.3, -0.25) is 0 Å². The summed E-state index contributed by atoms with van der Waals surface area (Å²) in [6.45, 7) is 3.61. The zero-order chi connectivity index (χ0) is 16.5. The molecule has 1 aromatic heterocycles. The summed E-state index contributed by atoms with van der Waals surface area (Å²) in [6.07, 6.45) is 0. The van der Waals surface area contributed by atoms with Crippen LogP contribution in [0.4, 0.5) is 15.2 Å². The van der Waals surface area contributed by atoms with Crippen LogP contribution in [0.3, 0.4) is 0 Å². The van der Waals surface area contributed by atoms with E-state index < -0.39 is 0 Å². The number of methoxy groups -OCH3 is 1. The number of para-hydroxylation sites is 1. The monoisotopic (exact) mass is 343 g/mol. The Bertz CT molecular complexity index is 841. The van der Waals surface area contributed by atoms with E-state index in [1.54, 1.807) is 18.4 Å². The van der Waals surface area contributed by atoms with Gasteiger partial charge in [0.1, 0.15) is 17.1 Å². The van der Waals surface area contributed by atoms with Gasteiger partial charge in [0, 0.05) is 31.9 Å². The molecular weight excluding hydrogens is 325 g/mol. The Kier molecular flexibility index (Phi) is 3.98. The van der Waals surface area contributed by atoms with Crippen LogP contribution in [0.2, 0.25) is 0 Å². The van der Waals surface area contributed by atoms with Gasteiger partial charge in [0.05, 0.1) is 11.8 Å². The molecule has 24 heavy (non-hydrogen) atoms. The largest absolute Gasteiger partial charge is 0.494 e. The Balaban J connectivity index is 1.50. The highest BCUT2D eigenvalue weighted by Gasteiger charge is 2.20. The standard InChI is InChI=1S/C18H18FN3OS/c1-23-15-3-2-4-16-17(15)20-18(24-16)22-11-9-21(10-12-22)14-7-5-13(19)6-8-14/h2-8H,9-12H2,1H3. The molecule has 0 amide bonds. The molecule has 1 saturated heterocycles. The quantitative estimate of drug-likeness (QED) is 0.724. The number of halogens is 1. The van der Waals surface area contributed by atoms with Crippen LogP contribution in [0.1, 0.15) is 0 Å². The lowest BCUT2D eigenvalue weighted by molar-refractivity contribution is 0.419. The van der Waals surface area contributed by atoms with Crippen LogP contribution >= 0.6 is 11.3 Å². The molecule has 4 nitrogen and oxygen atoms in total.